The van der Waals surface area contributed by atoms with E-state index in [0.717, 1.165) is 26.2 Å². The summed E-state index contributed by atoms with van der Waals surface area (Å²) in [6.45, 7) is 5.05. The summed E-state index contributed by atoms with van der Waals surface area (Å²) in [6, 6.07) is 15.4. The molecule has 0 atom stereocenters. The van der Waals surface area contributed by atoms with Gasteiger partial charge in [-0.15, -0.1) is 0 Å². The second-order valence-electron chi connectivity index (χ2n) is 6.94. The van der Waals surface area contributed by atoms with Crippen molar-refractivity contribution >= 4 is 23.2 Å². The van der Waals surface area contributed by atoms with Crippen molar-refractivity contribution in [3.63, 3.8) is 0 Å². The summed E-state index contributed by atoms with van der Waals surface area (Å²) in [4.78, 5) is 28.8. The normalized spacial score (nSPS) is 15.8. The number of carbonyl (C=O) groups is 2. The van der Waals surface area contributed by atoms with Gasteiger partial charge in [0.25, 0.3) is 0 Å². The average molecular weight is 396 g/mol. The van der Waals surface area contributed by atoms with Crippen LogP contribution in [0.25, 0.3) is 0 Å². The molecule has 0 aromatic heterocycles. The fourth-order valence-electron chi connectivity index (χ4n) is 3.44. The monoisotopic (exact) mass is 396 g/mol. The maximum Gasteiger partial charge on any atom is 0.313 e. The number of fused-ring (bicyclic) bond motifs is 1. The molecule has 0 radical (unpaired) electrons. The van der Waals surface area contributed by atoms with E-state index < -0.39 is 11.8 Å². The molecule has 2 aliphatic heterocycles. The quantitative estimate of drug-likeness (QED) is 0.742. The molecule has 1 fully saturated rings. The van der Waals surface area contributed by atoms with Crippen LogP contribution < -0.4 is 25.0 Å². The van der Waals surface area contributed by atoms with Crippen LogP contribution in [0.4, 0.5) is 11.4 Å². The summed E-state index contributed by atoms with van der Waals surface area (Å²) in [5, 5.41) is 5.26. The minimum atomic E-state index is -0.697. The van der Waals surface area contributed by atoms with Crippen molar-refractivity contribution in [2.75, 3.05) is 56.3 Å². The minimum absolute atomic E-state index is 0.160. The second-order valence-corrected chi connectivity index (χ2v) is 6.94. The number of ether oxygens (including phenoxy) is 2. The maximum absolute atomic E-state index is 12.1. The number of amides is 2. The molecule has 0 unspecified atom stereocenters. The Labute approximate surface area is 169 Å². The number of benzene rings is 2. The Bertz CT molecular complexity index is 866. The van der Waals surface area contributed by atoms with E-state index in [1.807, 2.05) is 18.2 Å². The zero-order valence-electron chi connectivity index (χ0n) is 16.1. The van der Waals surface area contributed by atoms with E-state index in [0.29, 0.717) is 30.3 Å². The summed E-state index contributed by atoms with van der Waals surface area (Å²) in [7, 11) is 0. The zero-order chi connectivity index (χ0) is 20.1. The van der Waals surface area contributed by atoms with Gasteiger partial charge in [0.2, 0.25) is 6.79 Å². The summed E-state index contributed by atoms with van der Waals surface area (Å²) in [6.07, 6.45) is 0. The first-order valence-electron chi connectivity index (χ1n) is 9.70. The lowest BCUT2D eigenvalue weighted by Gasteiger charge is -2.36. The Morgan fingerprint density at radius 1 is 0.897 bits per heavy atom. The molecule has 0 spiro atoms. The number of nitrogens with zero attached hydrogens (tertiary/aromatic N) is 2. The molecule has 29 heavy (non-hydrogen) atoms. The fraction of sp³-hybridized carbons (Fsp3) is 0.333. The van der Waals surface area contributed by atoms with E-state index in [4.69, 9.17) is 9.47 Å². The van der Waals surface area contributed by atoms with Crippen molar-refractivity contribution in [1.29, 1.82) is 0 Å². The summed E-state index contributed by atoms with van der Waals surface area (Å²) >= 11 is 0. The van der Waals surface area contributed by atoms with Crippen LogP contribution in [0, 0.1) is 0 Å². The van der Waals surface area contributed by atoms with Gasteiger partial charge in [-0.2, -0.15) is 0 Å². The minimum Gasteiger partial charge on any atom is -0.454 e. The van der Waals surface area contributed by atoms with Crippen molar-refractivity contribution < 1.29 is 19.1 Å². The van der Waals surface area contributed by atoms with Crippen molar-refractivity contribution in [1.82, 2.24) is 10.2 Å². The molecule has 2 N–H and O–H groups in total. The van der Waals surface area contributed by atoms with Crippen LogP contribution in [0.2, 0.25) is 0 Å². The third-order valence-corrected chi connectivity index (χ3v) is 5.04. The highest BCUT2D eigenvalue weighted by molar-refractivity contribution is 6.39. The van der Waals surface area contributed by atoms with Gasteiger partial charge in [-0.1, -0.05) is 18.2 Å². The van der Waals surface area contributed by atoms with Crippen molar-refractivity contribution in [2.45, 2.75) is 0 Å². The third kappa shape index (κ3) is 4.78. The van der Waals surface area contributed by atoms with E-state index in [9.17, 15) is 9.59 Å². The van der Waals surface area contributed by atoms with Gasteiger partial charge in [0.15, 0.2) is 11.5 Å². The van der Waals surface area contributed by atoms with Crippen LogP contribution in [0.3, 0.4) is 0 Å². The lowest BCUT2D eigenvalue weighted by atomic mass is 10.2. The first kappa shape index (κ1) is 19.1. The van der Waals surface area contributed by atoms with Crippen LogP contribution >= 0.6 is 0 Å². The molecule has 2 aliphatic rings. The second kappa shape index (κ2) is 8.83. The molecule has 2 aromatic carbocycles. The number of piperazine rings is 1. The summed E-state index contributed by atoms with van der Waals surface area (Å²) in [5.41, 5.74) is 1.73. The average Bonchev–Trinajstić information content (AvgIpc) is 3.22. The summed E-state index contributed by atoms with van der Waals surface area (Å²) in [5.74, 6) is -0.166. The molecular formula is C21H24N4O4. The van der Waals surface area contributed by atoms with Crippen LogP contribution in [0.5, 0.6) is 11.5 Å². The first-order chi connectivity index (χ1) is 14.2. The number of nitrogens with one attached hydrogen (secondary N) is 2. The molecule has 0 aliphatic carbocycles. The largest absolute Gasteiger partial charge is 0.454 e. The number of hydrogen-bond acceptors (Lipinski definition) is 6. The standard InChI is InChI=1S/C21H24N4O4/c26-20(21(27)23-16-6-7-18-19(14-16)29-15-28-18)22-8-9-24-10-12-25(13-11-24)17-4-2-1-3-5-17/h1-7,14H,8-13,15H2,(H,22,26)(H,23,27). The van der Waals surface area contributed by atoms with E-state index in [1.165, 1.54) is 5.69 Å². The van der Waals surface area contributed by atoms with E-state index >= 15 is 0 Å². The molecule has 0 saturated carbocycles. The first-order valence-corrected chi connectivity index (χ1v) is 9.70. The van der Waals surface area contributed by atoms with Gasteiger partial charge in [-0.25, -0.2) is 0 Å². The third-order valence-electron chi connectivity index (χ3n) is 5.04. The van der Waals surface area contributed by atoms with Gasteiger partial charge in [-0.3, -0.25) is 14.5 Å². The Morgan fingerprint density at radius 2 is 1.66 bits per heavy atom. The maximum atomic E-state index is 12.1. The number of anilines is 2. The number of hydrogen-bond donors (Lipinski definition) is 2. The van der Waals surface area contributed by atoms with Gasteiger partial charge < -0.3 is 25.0 Å². The molecule has 0 bridgehead atoms. The number of rotatable bonds is 5. The Kier molecular flexibility index (Phi) is 5.81. The van der Waals surface area contributed by atoms with Gasteiger partial charge >= 0.3 is 11.8 Å². The topological polar surface area (TPSA) is 83.1 Å². The molecule has 4 rings (SSSR count). The Hall–Kier alpha value is -3.26. The lowest BCUT2D eigenvalue weighted by molar-refractivity contribution is -0.136. The highest BCUT2D eigenvalue weighted by Gasteiger charge is 2.19. The predicted octanol–water partition coefficient (Wildman–Crippen LogP) is 1.29. The summed E-state index contributed by atoms with van der Waals surface area (Å²) < 4.78 is 10.5. The van der Waals surface area contributed by atoms with Gasteiger partial charge in [-0.05, 0) is 24.3 Å². The zero-order valence-corrected chi connectivity index (χ0v) is 16.1. The van der Waals surface area contributed by atoms with Crippen LogP contribution in [0.15, 0.2) is 48.5 Å². The molecule has 1 saturated heterocycles. The molecule has 2 aromatic rings. The highest BCUT2D eigenvalue weighted by Crippen LogP contribution is 2.34. The molecule has 2 heterocycles. The number of carbonyl (C=O) groups excluding carboxylic acids is 2. The van der Waals surface area contributed by atoms with E-state index in [2.05, 4.69) is 32.6 Å². The van der Waals surface area contributed by atoms with Gasteiger partial charge in [0, 0.05) is 56.7 Å². The SMILES string of the molecule is O=C(NCCN1CCN(c2ccccc2)CC1)C(=O)Nc1ccc2c(c1)OCO2. The van der Waals surface area contributed by atoms with Crippen molar-refractivity contribution in [3.05, 3.63) is 48.5 Å². The Morgan fingerprint density at radius 3 is 2.45 bits per heavy atom. The molecule has 8 heteroatoms. The molecule has 2 amide bonds. The smallest absolute Gasteiger partial charge is 0.313 e. The van der Waals surface area contributed by atoms with E-state index in [-0.39, 0.29) is 6.79 Å². The molecular weight excluding hydrogens is 372 g/mol. The fourth-order valence-corrected chi connectivity index (χ4v) is 3.44. The lowest BCUT2D eigenvalue weighted by Crippen LogP contribution is -2.49. The van der Waals surface area contributed by atoms with Gasteiger partial charge in [0.05, 0.1) is 0 Å². The van der Waals surface area contributed by atoms with Gasteiger partial charge in [0.1, 0.15) is 0 Å². The van der Waals surface area contributed by atoms with Crippen LogP contribution in [-0.2, 0) is 9.59 Å². The predicted molar refractivity (Wildman–Crippen MR) is 109 cm³/mol. The Balaban J connectivity index is 1.17. The van der Waals surface area contributed by atoms with Crippen LogP contribution in [0.1, 0.15) is 0 Å². The van der Waals surface area contributed by atoms with Crippen molar-refractivity contribution in [2.24, 2.45) is 0 Å². The number of para-hydroxylation sites is 1. The van der Waals surface area contributed by atoms with E-state index in [1.54, 1.807) is 18.2 Å². The van der Waals surface area contributed by atoms with Crippen LogP contribution in [-0.4, -0.2) is 62.8 Å². The molecule has 8 nitrogen and oxygen atoms in total. The molecule has 152 valence electrons. The highest BCUT2D eigenvalue weighted by atomic mass is 16.7. The van der Waals surface area contributed by atoms with Crippen molar-refractivity contribution in [3.8, 4) is 11.5 Å².